The van der Waals surface area contributed by atoms with E-state index >= 15 is 0 Å². The van der Waals surface area contributed by atoms with Gasteiger partial charge in [-0.25, -0.2) is 0 Å². The fourth-order valence-electron chi connectivity index (χ4n) is 2.21. The Morgan fingerprint density at radius 3 is 2.59 bits per heavy atom. The van der Waals surface area contributed by atoms with Crippen molar-refractivity contribution in [1.29, 1.82) is 0 Å². The van der Waals surface area contributed by atoms with Gasteiger partial charge in [-0.1, -0.05) is 53.2 Å². The van der Waals surface area contributed by atoms with Gasteiger partial charge in [0, 0.05) is 4.47 Å². The Morgan fingerprint density at radius 2 is 1.91 bits per heavy atom. The number of carbonyl (C=O) groups excluding carboxylic acids is 1. The second-order valence-corrected chi connectivity index (χ2v) is 6.05. The van der Waals surface area contributed by atoms with Crippen LogP contribution in [0.5, 0.6) is 5.75 Å². The molecule has 0 fully saturated rings. The van der Waals surface area contributed by atoms with Crippen LogP contribution >= 0.6 is 15.9 Å². The topological polar surface area (TPSA) is 35.5 Å². The van der Waals surface area contributed by atoms with Crippen LogP contribution in [0.2, 0.25) is 0 Å². The molecule has 22 heavy (non-hydrogen) atoms. The molecule has 0 saturated carbocycles. The number of esters is 1. The van der Waals surface area contributed by atoms with Crippen molar-refractivity contribution in [3.8, 4) is 5.75 Å². The molecule has 2 aromatic rings. The number of rotatable bonds is 6. The molecule has 1 atom stereocenters. The molecule has 0 amide bonds. The van der Waals surface area contributed by atoms with Crippen LogP contribution in [0.1, 0.15) is 30.4 Å². The van der Waals surface area contributed by atoms with Gasteiger partial charge in [-0.05, 0) is 35.2 Å². The Labute approximate surface area is 139 Å². The molecular weight excluding hydrogens is 344 g/mol. The molecule has 0 aromatic heterocycles. The number of halogens is 1. The SMILES string of the molecule is COC(=O)CC(C)c1cc(Br)ccc1OCc1ccccc1. The van der Waals surface area contributed by atoms with Crippen molar-refractivity contribution in [1.82, 2.24) is 0 Å². The van der Waals surface area contributed by atoms with Crippen LogP contribution in [0.3, 0.4) is 0 Å². The lowest BCUT2D eigenvalue weighted by Crippen LogP contribution is -2.08. The smallest absolute Gasteiger partial charge is 0.306 e. The van der Waals surface area contributed by atoms with Gasteiger partial charge >= 0.3 is 5.97 Å². The molecule has 0 aliphatic carbocycles. The minimum atomic E-state index is -0.221. The molecule has 1 unspecified atom stereocenters. The van der Waals surface area contributed by atoms with Crippen molar-refractivity contribution in [2.24, 2.45) is 0 Å². The summed E-state index contributed by atoms with van der Waals surface area (Å²) in [6, 6.07) is 15.9. The predicted octanol–water partition coefficient (Wildman–Crippen LogP) is 4.69. The lowest BCUT2D eigenvalue weighted by molar-refractivity contribution is -0.140. The molecule has 116 valence electrons. The van der Waals surface area contributed by atoms with Gasteiger partial charge in [0.25, 0.3) is 0 Å². The maximum atomic E-state index is 11.5. The van der Waals surface area contributed by atoms with E-state index in [4.69, 9.17) is 9.47 Å². The monoisotopic (exact) mass is 362 g/mol. The molecule has 0 bridgehead atoms. The Kier molecular flexibility index (Phi) is 6.01. The number of methoxy groups -OCH3 is 1. The van der Waals surface area contributed by atoms with E-state index in [1.165, 1.54) is 7.11 Å². The normalized spacial score (nSPS) is 11.8. The lowest BCUT2D eigenvalue weighted by Gasteiger charge is -2.17. The quantitative estimate of drug-likeness (QED) is 0.699. The first-order valence-corrected chi connectivity index (χ1v) is 7.92. The summed E-state index contributed by atoms with van der Waals surface area (Å²) in [6.45, 7) is 2.49. The number of hydrogen-bond donors (Lipinski definition) is 0. The lowest BCUT2D eigenvalue weighted by atomic mass is 9.97. The maximum absolute atomic E-state index is 11.5. The molecule has 0 heterocycles. The highest BCUT2D eigenvalue weighted by Crippen LogP contribution is 2.32. The standard InChI is InChI=1S/C18H19BrO3/c1-13(10-18(20)21-2)16-11-15(19)8-9-17(16)22-12-14-6-4-3-5-7-14/h3-9,11,13H,10,12H2,1-2H3. The molecule has 2 aromatic carbocycles. The zero-order chi connectivity index (χ0) is 15.9. The van der Waals surface area contributed by atoms with Crippen molar-refractivity contribution < 1.29 is 14.3 Å². The minimum absolute atomic E-state index is 0.0238. The van der Waals surface area contributed by atoms with Crippen molar-refractivity contribution in [2.45, 2.75) is 25.9 Å². The van der Waals surface area contributed by atoms with E-state index in [-0.39, 0.29) is 11.9 Å². The van der Waals surface area contributed by atoms with Gasteiger partial charge in [0.05, 0.1) is 13.5 Å². The first-order chi connectivity index (χ1) is 10.6. The van der Waals surface area contributed by atoms with Crippen LogP contribution in [-0.4, -0.2) is 13.1 Å². The summed E-state index contributed by atoms with van der Waals surface area (Å²) in [6.07, 6.45) is 0.328. The summed E-state index contributed by atoms with van der Waals surface area (Å²) in [5.74, 6) is 0.598. The van der Waals surface area contributed by atoms with Crippen LogP contribution < -0.4 is 4.74 Å². The van der Waals surface area contributed by atoms with Gasteiger partial charge in [0.2, 0.25) is 0 Å². The average molecular weight is 363 g/mol. The molecule has 0 aliphatic rings. The Hall–Kier alpha value is -1.81. The molecule has 2 rings (SSSR count). The summed E-state index contributed by atoms with van der Waals surface area (Å²) < 4.78 is 11.7. The zero-order valence-corrected chi connectivity index (χ0v) is 14.3. The van der Waals surface area contributed by atoms with Crippen LogP contribution in [0.4, 0.5) is 0 Å². The van der Waals surface area contributed by atoms with Gasteiger partial charge in [-0.15, -0.1) is 0 Å². The second-order valence-electron chi connectivity index (χ2n) is 5.14. The summed E-state index contributed by atoms with van der Waals surface area (Å²) in [5.41, 5.74) is 2.10. The van der Waals surface area contributed by atoms with Crippen molar-refractivity contribution in [3.63, 3.8) is 0 Å². The van der Waals surface area contributed by atoms with Crippen molar-refractivity contribution in [2.75, 3.05) is 7.11 Å². The number of hydrogen-bond acceptors (Lipinski definition) is 3. The van der Waals surface area contributed by atoms with Crippen LogP contribution in [0.15, 0.2) is 53.0 Å². The second kappa shape index (κ2) is 7.99. The van der Waals surface area contributed by atoms with Gasteiger partial charge in [-0.2, -0.15) is 0 Å². The summed E-state index contributed by atoms with van der Waals surface area (Å²) in [5, 5.41) is 0. The van der Waals surface area contributed by atoms with E-state index in [2.05, 4.69) is 15.9 Å². The van der Waals surface area contributed by atoms with Gasteiger partial charge in [0.1, 0.15) is 12.4 Å². The first-order valence-electron chi connectivity index (χ1n) is 7.13. The maximum Gasteiger partial charge on any atom is 0.306 e. The highest BCUT2D eigenvalue weighted by molar-refractivity contribution is 9.10. The highest BCUT2D eigenvalue weighted by Gasteiger charge is 2.16. The predicted molar refractivity (Wildman–Crippen MR) is 90.0 cm³/mol. The molecule has 0 spiro atoms. The molecule has 0 radical (unpaired) electrons. The van der Waals surface area contributed by atoms with E-state index < -0.39 is 0 Å². The molecular formula is C18H19BrO3. The third-order valence-electron chi connectivity index (χ3n) is 3.44. The van der Waals surface area contributed by atoms with Crippen LogP contribution in [0.25, 0.3) is 0 Å². The number of carbonyl (C=O) groups is 1. The van der Waals surface area contributed by atoms with E-state index in [0.29, 0.717) is 13.0 Å². The summed E-state index contributed by atoms with van der Waals surface area (Å²) in [7, 11) is 1.41. The van der Waals surface area contributed by atoms with Gasteiger partial charge in [-0.3, -0.25) is 4.79 Å². The summed E-state index contributed by atoms with van der Waals surface area (Å²) in [4.78, 5) is 11.5. The van der Waals surface area contributed by atoms with Crippen LogP contribution in [0, 0.1) is 0 Å². The van der Waals surface area contributed by atoms with E-state index in [0.717, 1.165) is 21.3 Å². The van der Waals surface area contributed by atoms with Crippen LogP contribution in [-0.2, 0) is 16.1 Å². The number of benzene rings is 2. The van der Waals surface area contributed by atoms with Gasteiger partial charge < -0.3 is 9.47 Å². The third kappa shape index (κ3) is 4.60. The molecule has 0 saturated heterocycles. The number of ether oxygens (including phenoxy) is 2. The van der Waals surface area contributed by atoms with Gasteiger partial charge in [0.15, 0.2) is 0 Å². The van der Waals surface area contributed by atoms with E-state index in [1.54, 1.807) is 0 Å². The van der Waals surface area contributed by atoms with Crippen molar-refractivity contribution in [3.05, 3.63) is 64.1 Å². The first kappa shape index (κ1) is 16.6. The molecule has 0 aliphatic heterocycles. The Balaban J connectivity index is 2.15. The molecule has 0 N–H and O–H groups in total. The summed E-state index contributed by atoms with van der Waals surface area (Å²) >= 11 is 3.47. The molecule has 4 heteroatoms. The average Bonchev–Trinajstić information content (AvgIpc) is 2.54. The highest BCUT2D eigenvalue weighted by atomic mass is 79.9. The van der Waals surface area contributed by atoms with E-state index in [9.17, 15) is 4.79 Å². The Morgan fingerprint density at radius 1 is 1.18 bits per heavy atom. The fourth-order valence-corrected chi connectivity index (χ4v) is 2.59. The van der Waals surface area contributed by atoms with Crippen molar-refractivity contribution >= 4 is 21.9 Å². The third-order valence-corrected chi connectivity index (χ3v) is 3.93. The molecule has 3 nitrogen and oxygen atoms in total. The minimum Gasteiger partial charge on any atom is -0.489 e. The largest absolute Gasteiger partial charge is 0.489 e. The zero-order valence-electron chi connectivity index (χ0n) is 12.7. The fraction of sp³-hybridized carbons (Fsp3) is 0.278. The van der Waals surface area contributed by atoms with E-state index in [1.807, 2.05) is 55.5 Å². The Bertz CT molecular complexity index is 625.